The molecule has 0 spiro atoms. The first kappa shape index (κ1) is 38.8. The minimum absolute atomic E-state index is 0.670. The van der Waals surface area contributed by atoms with Crippen LogP contribution in [0.3, 0.4) is 0 Å². The number of aromatic nitrogens is 6. The molecule has 0 saturated heterocycles. The first-order chi connectivity index (χ1) is 32.9. The van der Waals surface area contributed by atoms with Gasteiger partial charge in [-0.25, -0.2) is 9.97 Å². The summed E-state index contributed by atoms with van der Waals surface area (Å²) in [4.78, 5) is 15.8. The van der Waals surface area contributed by atoms with Crippen LogP contribution in [0.4, 0.5) is 0 Å². The number of benzene rings is 8. The van der Waals surface area contributed by atoms with Crippen molar-refractivity contribution in [2.45, 2.75) is 27.7 Å². The molecule has 0 fully saturated rings. The van der Waals surface area contributed by atoms with Crippen LogP contribution in [0, 0.1) is 27.7 Å². The molecule has 0 atom stereocenters. The number of nitrogens with zero attached hydrogens (tertiary/aromatic N) is 6. The van der Waals surface area contributed by atoms with Crippen LogP contribution in [-0.2, 0) is 0 Å². The van der Waals surface area contributed by atoms with Crippen LogP contribution in [0.2, 0.25) is 0 Å². The third kappa shape index (κ3) is 6.14. The second-order valence-electron chi connectivity index (χ2n) is 18.0. The Balaban J connectivity index is 1.27. The van der Waals surface area contributed by atoms with Crippen LogP contribution in [-0.4, -0.2) is 28.7 Å². The smallest absolute Gasteiger partial charge is 0.160 e. The van der Waals surface area contributed by atoms with Crippen LogP contribution >= 0.6 is 0 Å². The molecular formula is C61H44N6. The van der Waals surface area contributed by atoms with Gasteiger partial charge in [-0.2, -0.15) is 0 Å². The average Bonchev–Trinajstić information content (AvgIpc) is 3.98. The number of pyridine rings is 1. The van der Waals surface area contributed by atoms with E-state index >= 15 is 0 Å². The fourth-order valence-electron chi connectivity index (χ4n) is 10.4. The van der Waals surface area contributed by atoms with Crippen molar-refractivity contribution in [2.75, 3.05) is 0 Å². The fourth-order valence-corrected chi connectivity index (χ4v) is 10.4. The van der Waals surface area contributed by atoms with E-state index in [1.807, 2.05) is 12.3 Å². The van der Waals surface area contributed by atoms with Gasteiger partial charge in [-0.15, -0.1) is 0 Å². The van der Waals surface area contributed by atoms with Crippen molar-refractivity contribution >= 4 is 65.5 Å². The summed E-state index contributed by atoms with van der Waals surface area (Å²) in [6.45, 7) is 8.73. The second-order valence-corrected chi connectivity index (χ2v) is 18.0. The summed E-state index contributed by atoms with van der Waals surface area (Å²) in [5.41, 5.74) is 20.1. The molecule has 13 aromatic rings. The predicted molar refractivity (Wildman–Crippen MR) is 278 cm³/mol. The van der Waals surface area contributed by atoms with Crippen molar-refractivity contribution in [2.24, 2.45) is 0 Å². The lowest BCUT2D eigenvalue weighted by Gasteiger charge is -2.23. The Bertz CT molecular complexity index is 3760. The van der Waals surface area contributed by atoms with Gasteiger partial charge in [0.25, 0.3) is 0 Å². The molecule has 0 aliphatic rings. The maximum Gasteiger partial charge on any atom is 0.160 e. The Morgan fingerprint density at radius 2 is 0.761 bits per heavy atom. The number of rotatable bonds is 6. The SMILES string of the molecule is Cc1ccc2c(c1)c1cc(C)ccc1n2-c1cc(-c2cc(-c3ccccc3)nc(-c3ccccc3)n2)cc(-n2c3ccc(C)cc3c3cc(C)ccc32)c1-n1c2ccccc2c2ncccc21. The van der Waals surface area contributed by atoms with E-state index < -0.39 is 0 Å². The van der Waals surface area contributed by atoms with Crippen LogP contribution in [0.15, 0.2) is 194 Å². The summed E-state index contributed by atoms with van der Waals surface area (Å²) in [5, 5.41) is 5.94. The number of hydrogen-bond acceptors (Lipinski definition) is 3. The molecule has 318 valence electrons. The molecule has 0 N–H and O–H groups in total. The summed E-state index contributed by atoms with van der Waals surface area (Å²) in [6.07, 6.45) is 1.91. The normalized spacial score (nSPS) is 11.9. The summed E-state index contributed by atoms with van der Waals surface area (Å²) in [7, 11) is 0. The summed E-state index contributed by atoms with van der Waals surface area (Å²) in [6, 6.07) is 68.1. The van der Waals surface area contributed by atoms with Gasteiger partial charge in [-0.05, 0) is 113 Å². The van der Waals surface area contributed by atoms with Crippen LogP contribution in [0.25, 0.3) is 117 Å². The van der Waals surface area contributed by atoms with Crippen LogP contribution in [0.1, 0.15) is 22.3 Å². The van der Waals surface area contributed by atoms with E-state index in [1.54, 1.807) is 0 Å². The first-order valence-electron chi connectivity index (χ1n) is 22.9. The highest BCUT2D eigenvalue weighted by molar-refractivity contribution is 6.13. The lowest BCUT2D eigenvalue weighted by molar-refractivity contribution is 1.05. The largest absolute Gasteiger partial charge is 0.307 e. The Kier molecular flexibility index (Phi) is 8.68. The number of hydrogen-bond donors (Lipinski definition) is 0. The Morgan fingerprint density at radius 1 is 0.328 bits per heavy atom. The molecule has 0 radical (unpaired) electrons. The molecule has 0 bridgehead atoms. The van der Waals surface area contributed by atoms with Gasteiger partial charge in [0.1, 0.15) is 0 Å². The van der Waals surface area contributed by atoms with Gasteiger partial charge >= 0.3 is 0 Å². The molecule has 8 aromatic carbocycles. The molecule has 0 aliphatic heterocycles. The molecule has 6 heteroatoms. The molecule has 67 heavy (non-hydrogen) atoms. The summed E-state index contributed by atoms with van der Waals surface area (Å²) < 4.78 is 7.43. The van der Waals surface area contributed by atoms with Crippen LogP contribution in [0.5, 0.6) is 0 Å². The van der Waals surface area contributed by atoms with Crippen molar-refractivity contribution in [3.8, 4) is 51.0 Å². The summed E-state index contributed by atoms with van der Waals surface area (Å²) in [5.74, 6) is 0.670. The molecule has 0 saturated carbocycles. The van der Waals surface area contributed by atoms with Gasteiger partial charge in [0.15, 0.2) is 5.82 Å². The zero-order chi connectivity index (χ0) is 44.9. The van der Waals surface area contributed by atoms with E-state index in [4.69, 9.17) is 15.0 Å². The molecule has 13 rings (SSSR count). The zero-order valence-corrected chi connectivity index (χ0v) is 37.7. The van der Waals surface area contributed by atoms with E-state index in [2.05, 4.69) is 223 Å². The lowest BCUT2D eigenvalue weighted by atomic mass is 10.0. The third-order valence-corrected chi connectivity index (χ3v) is 13.5. The maximum atomic E-state index is 5.49. The minimum atomic E-state index is 0.670. The molecule has 5 aromatic heterocycles. The highest BCUT2D eigenvalue weighted by atomic mass is 15.1. The van der Waals surface area contributed by atoms with E-state index in [9.17, 15) is 0 Å². The van der Waals surface area contributed by atoms with Crippen molar-refractivity contribution in [3.63, 3.8) is 0 Å². The predicted octanol–water partition coefficient (Wildman–Crippen LogP) is 15.4. The van der Waals surface area contributed by atoms with Crippen molar-refractivity contribution in [3.05, 3.63) is 217 Å². The Morgan fingerprint density at radius 3 is 1.28 bits per heavy atom. The van der Waals surface area contributed by atoms with Crippen LogP contribution < -0.4 is 0 Å². The highest BCUT2D eigenvalue weighted by Gasteiger charge is 2.27. The molecule has 5 heterocycles. The van der Waals surface area contributed by atoms with E-state index in [1.165, 1.54) is 43.8 Å². The zero-order valence-electron chi connectivity index (χ0n) is 37.7. The van der Waals surface area contributed by atoms with Gasteiger partial charge in [0.05, 0.1) is 67.1 Å². The lowest BCUT2D eigenvalue weighted by Crippen LogP contribution is -2.10. The number of aryl methyl sites for hydroxylation is 4. The van der Waals surface area contributed by atoms with Crippen molar-refractivity contribution < 1.29 is 0 Å². The third-order valence-electron chi connectivity index (χ3n) is 13.5. The second kappa shape index (κ2) is 15.0. The van der Waals surface area contributed by atoms with Gasteiger partial charge in [-0.1, -0.05) is 125 Å². The number of para-hydroxylation sites is 1. The van der Waals surface area contributed by atoms with Gasteiger partial charge in [-0.3, -0.25) is 4.98 Å². The van der Waals surface area contributed by atoms with Gasteiger partial charge in [0.2, 0.25) is 0 Å². The molecule has 0 amide bonds. The topological polar surface area (TPSA) is 53.5 Å². The first-order valence-corrected chi connectivity index (χ1v) is 22.9. The number of fused-ring (bicyclic) bond motifs is 9. The molecular weight excluding hydrogens is 817 g/mol. The Hall–Kier alpha value is -8.61. The van der Waals surface area contributed by atoms with Gasteiger partial charge < -0.3 is 13.7 Å². The fraction of sp³-hybridized carbons (Fsp3) is 0.0656. The monoisotopic (exact) mass is 860 g/mol. The van der Waals surface area contributed by atoms with E-state index in [0.29, 0.717) is 5.82 Å². The summed E-state index contributed by atoms with van der Waals surface area (Å²) >= 11 is 0. The quantitative estimate of drug-likeness (QED) is 0.167. The average molecular weight is 861 g/mol. The maximum absolute atomic E-state index is 5.49. The van der Waals surface area contributed by atoms with E-state index in [-0.39, 0.29) is 0 Å². The highest BCUT2D eigenvalue weighted by Crippen LogP contribution is 2.45. The van der Waals surface area contributed by atoms with Crippen molar-refractivity contribution in [1.29, 1.82) is 0 Å². The van der Waals surface area contributed by atoms with Crippen molar-refractivity contribution in [1.82, 2.24) is 28.7 Å². The molecule has 0 unspecified atom stereocenters. The minimum Gasteiger partial charge on any atom is -0.307 e. The standard InChI is InChI=1S/C61H44N6/c1-37-21-25-52-45(30-37)46-31-38(2)22-26-53(46)65(52)57-34-43(50-36-49(41-14-7-5-8-15-41)63-61(64-50)42-16-9-6-10-17-42)35-58(60(57)67-51-19-12-11-18-44(51)59-56(67)20-13-29-62-59)66-54-27-23-39(3)32-47(54)48-33-40(4)24-28-55(48)66/h5-36H,1-4H3. The van der Waals surface area contributed by atoms with E-state index in [0.717, 1.165) is 89.1 Å². The molecule has 0 aliphatic carbocycles. The molecule has 6 nitrogen and oxygen atoms in total. The van der Waals surface area contributed by atoms with Gasteiger partial charge in [0, 0.05) is 49.8 Å². The Labute approximate surface area is 387 Å².